The van der Waals surface area contributed by atoms with Gasteiger partial charge in [0.05, 0.1) is 0 Å². The second kappa shape index (κ2) is 2.49. The van der Waals surface area contributed by atoms with E-state index in [1.54, 1.807) is 12.1 Å². The Hall–Kier alpha value is -0.560. The first-order valence-corrected chi connectivity index (χ1v) is 4.07. The third-order valence-electron chi connectivity index (χ3n) is 2.11. The monoisotopic (exact) mass is 170 g/mol. The van der Waals surface area contributed by atoms with Crippen molar-refractivity contribution in [3.63, 3.8) is 0 Å². The number of benzene rings is 1. The Morgan fingerprint density at radius 1 is 1.45 bits per heavy atom. The highest BCUT2D eigenvalue weighted by atomic mass is 35.5. The zero-order valence-corrected chi connectivity index (χ0v) is 6.74. The molecule has 0 bridgehead atoms. The van der Waals surface area contributed by atoms with Gasteiger partial charge in [-0.2, -0.15) is 0 Å². The van der Waals surface area contributed by atoms with Gasteiger partial charge in [-0.3, -0.25) is 0 Å². The fraction of sp³-hybridized carbons (Fsp3) is 0.333. The fourth-order valence-corrected chi connectivity index (χ4v) is 1.73. The molecule has 58 valence electrons. The minimum Gasteiger partial charge on any atom is -0.242 e. The number of halogens is 2. The Balaban J connectivity index is 2.50. The predicted octanol–water partition coefficient (Wildman–Crippen LogP) is 3.30. The summed E-state index contributed by atoms with van der Waals surface area (Å²) in [6.07, 6.45) is 0.689. The molecule has 0 saturated carbocycles. The average Bonchev–Trinajstić information content (AvgIpc) is 2.32. The molecule has 1 atom stereocenters. The van der Waals surface area contributed by atoms with E-state index in [9.17, 15) is 4.39 Å². The van der Waals surface area contributed by atoms with Crippen LogP contribution in [0.1, 0.15) is 23.7 Å². The zero-order valence-electron chi connectivity index (χ0n) is 5.98. The van der Waals surface area contributed by atoms with Crippen molar-refractivity contribution < 1.29 is 4.39 Å². The van der Waals surface area contributed by atoms with Gasteiger partial charge in [0.15, 0.2) is 0 Å². The van der Waals surface area contributed by atoms with Crippen LogP contribution in [0.3, 0.4) is 0 Å². The number of hydrogen-bond donors (Lipinski definition) is 0. The molecule has 2 rings (SSSR count). The maximum atomic E-state index is 13.0. The van der Waals surface area contributed by atoms with Gasteiger partial charge in [-0.1, -0.05) is 17.7 Å². The predicted molar refractivity (Wildman–Crippen MR) is 43.6 cm³/mol. The second-order valence-electron chi connectivity index (χ2n) is 2.85. The van der Waals surface area contributed by atoms with Crippen molar-refractivity contribution in [3.05, 3.63) is 34.3 Å². The van der Waals surface area contributed by atoms with Gasteiger partial charge in [0, 0.05) is 5.02 Å². The molecule has 0 saturated heterocycles. The van der Waals surface area contributed by atoms with Crippen LogP contribution in [0.25, 0.3) is 0 Å². The van der Waals surface area contributed by atoms with Crippen LogP contribution in [0.5, 0.6) is 0 Å². The van der Waals surface area contributed by atoms with Crippen LogP contribution in [0, 0.1) is 0 Å². The molecule has 2 heteroatoms. The summed E-state index contributed by atoms with van der Waals surface area (Å²) in [7, 11) is 0. The number of fused-ring (bicyclic) bond motifs is 1. The van der Waals surface area contributed by atoms with Gasteiger partial charge in [-0.05, 0) is 36.1 Å². The minimum atomic E-state index is -0.762. The summed E-state index contributed by atoms with van der Waals surface area (Å²) >= 11 is 5.75. The zero-order chi connectivity index (χ0) is 7.84. The van der Waals surface area contributed by atoms with E-state index in [1.807, 2.05) is 6.07 Å². The van der Waals surface area contributed by atoms with Crippen molar-refractivity contribution in [1.82, 2.24) is 0 Å². The van der Waals surface area contributed by atoms with Gasteiger partial charge in [0.1, 0.15) is 6.17 Å². The molecular formula is C9H8ClF. The van der Waals surface area contributed by atoms with Crippen LogP contribution in [0.4, 0.5) is 4.39 Å². The largest absolute Gasteiger partial charge is 0.242 e. The summed E-state index contributed by atoms with van der Waals surface area (Å²) in [4.78, 5) is 0. The van der Waals surface area contributed by atoms with E-state index >= 15 is 0 Å². The summed E-state index contributed by atoms with van der Waals surface area (Å²) < 4.78 is 13.0. The molecule has 11 heavy (non-hydrogen) atoms. The van der Waals surface area contributed by atoms with Crippen LogP contribution >= 0.6 is 11.6 Å². The van der Waals surface area contributed by atoms with E-state index < -0.39 is 6.17 Å². The minimum absolute atomic E-state index is 0.621. The number of hydrogen-bond acceptors (Lipinski definition) is 0. The molecular weight excluding hydrogens is 163 g/mol. The standard InChI is InChI=1S/C9H8ClF/c10-7-2-3-8-6(5-7)1-4-9(8)11/h2-3,5,9H,1,4H2. The van der Waals surface area contributed by atoms with Gasteiger partial charge < -0.3 is 0 Å². The molecule has 1 aromatic carbocycles. The highest BCUT2D eigenvalue weighted by Crippen LogP contribution is 2.35. The Bertz CT molecular complexity index is 283. The fourth-order valence-electron chi connectivity index (χ4n) is 1.53. The van der Waals surface area contributed by atoms with Crippen molar-refractivity contribution in [1.29, 1.82) is 0 Å². The Morgan fingerprint density at radius 3 is 3.09 bits per heavy atom. The second-order valence-corrected chi connectivity index (χ2v) is 3.29. The van der Waals surface area contributed by atoms with Crippen molar-refractivity contribution in [2.75, 3.05) is 0 Å². The van der Waals surface area contributed by atoms with E-state index in [-0.39, 0.29) is 0 Å². The summed E-state index contributed by atoms with van der Waals surface area (Å²) in [5.41, 5.74) is 1.90. The smallest absolute Gasteiger partial charge is 0.126 e. The quantitative estimate of drug-likeness (QED) is 0.561. The van der Waals surface area contributed by atoms with E-state index in [0.717, 1.165) is 17.5 Å². The van der Waals surface area contributed by atoms with Crippen molar-refractivity contribution >= 4 is 11.6 Å². The number of rotatable bonds is 0. The van der Waals surface area contributed by atoms with Crippen LogP contribution in [-0.2, 0) is 6.42 Å². The Morgan fingerprint density at radius 2 is 2.27 bits per heavy atom. The van der Waals surface area contributed by atoms with Gasteiger partial charge in [-0.15, -0.1) is 0 Å². The van der Waals surface area contributed by atoms with Gasteiger partial charge in [-0.25, -0.2) is 4.39 Å². The first-order chi connectivity index (χ1) is 5.27. The first kappa shape index (κ1) is 7.11. The number of alkyl halides is 1. The number of aryl methyl sites for hydroxylation is 1. The molecule has 1 unspecified atom stereocenters. The third-order valence-corrected chi connectivity index (χ3v) is 2.34. The molecule has 1 aliphatic carbocycles. The van der Waals surface area contributed by atoms with Crippen molar-refractivity contribution in [2.24, 2.45) is 0 Å². The highest BCUT2D eigenvalue weighted by Gasteiger charge is 2.21. The topological polar surface area (TPSA) is 0 Å². The third kappa shape index (κ3) is 1.14. The van der Waals surface area contributed by atoms with Gasteiger partial charge in [0.25, 0.3) is 0 Å². The molecule has 0 fully saturated rings. The molecule has 0 amide bonds. The van der Waals surface area contributed by atoms with E-state index in [1.165, 1.54) is 0 Å². The van der Waals surface area contributed by atoms with Crippen LogP contribution in [-0.4, -0.2) is 0 Å². The van der Waals surface area contributed by atoms with Gasteiger partial charge >= 0.3 is 0 Å². The molecule has 0 aromatic heterocycles. The van der Waals surface area contributed by atoms with E-state index in [2.05, 4.69) is 0 Å². The normalized spacial score (nSPS) is 21.8. The lowest BCUT2D eigenvalue weighted by molar-refractivity contribution is 0.344. The molecule has 0 spiro atoms. The molecule has 0 heterocycles. The molecule has 1 aliphatic rings. The molecule has 0 N–H and O–H groups in total. The maximum absolute atomic E-state index is 13.0. The van der Waals surface area contributed by atoms with Gasteiger partial charge in [0.2, 0.25) is 0 Å². The van der Waals surface area contributed by atoms with Crippen LogP contribution < -0.4 is 0 Å². The lowest BCUT2D eigenvalue weighted by atomic mass is 10.1. The first-order valence-electron chi connectivity index (χ1n) is 3.70. The van der Waals surface area contributed by atoms with Crippen molar-refractivity contribution in [3.8, 4) is 0 Å². The molecule has 0 aliphatic heterocycles. The average molecular weight is 171 g/mol. The Labute approximate surface area is 70.0 Å². The molecule has 0 nitrogen and oxygen atoms in total. The summed E-state index contributed by atoms with van der Waals surface area (Å²) in [6.45, 7) is 0. The van der Waals surface area contributed by atoms with Crippen LogP contribution in [0.2, 0.25) is 5.02 Å². The lowest BCUT2D eigenvalue weighted by Gasteiger charge is -2.00. The lowest BCUT2D eigenvalue weighted by Crippen LogP contribution is -1.83. The maximum Gasteiger partial charge on any atom is 0.126 e. The summed E-state index contributed by atoms with van der Waals surface area (Å²) in [5, 5.41) is 0.706. The highest BCUT2D eigenvalue weighted by molar-refractivity contribution is 6.30. The van der Waals surface area contributed by atoms with Crippen LogP contribution in [0.15, 0.2) is 18.2 Å². The van der Waals surface area contributed by atoms with Crippen molar-refractivity contribution in [2.45, 2.75) is 19.0 Å². The van der Waals surface area contributed by atoms with E-state index in [0.29, 0.717) is 11.4 Å². The Kier molecular flexibility index (Phi) is 1.61. The SMILES string of the molecule is FC1CCc2cc(Cl)ccc21. The summed E-state index contributed by atoms with van der Waals surface area (Å²) in [5.74, 6) is 0. The summed E-state index contributed by atoms with van der Waals surface area (Å²) in [6, 6.07) is 5.39. The van der Waals surface area contributed by atoms with E-state index in [4.69, 9.17) is 11.6 Å². The molecule has 0 radical (unpaired) electrons. The molecule has 1 aromatic rings.